The Bertz CT molecular complexity index is 760. The van der Waals surface area contributed by atoms with E-state index in [0.717, 1.165) is 5.56 Å². The smallest absolute Gasteiger partial charge is 0.326 e. The zero-order valence-corrected chi connectivity index (χ0v) is 14.1. The first-order valence-electron chi connectivity index (χ1n) is 7.16. The molecular formula is C18H15Cl2NO3. The molecule has 124 valence electrons. The Morgan fingerprint density at radius 1 is 1.08 bits per heavy atom. The fraction of sp³-hybridized carbons (Fsp3) is 0.111. The first-order chi connectivity index (χ1) is 11.5. The molecule has 0 bridgehead atoms. The lowest BCUT2D eigenvalue weighted by Gasteiger charge is -2.13. The summed E-state index contributed by atoms with van der Waals surface area (Å²) in [6.07, 6.45) is 3.02. The van der Waals surface area contributed by atoms with Gasteiger partial charge in [0.15, 0.2) is 0 Å². The van der Waals surface area contributed by atoms with Crippen LogP contribution in [-0.4, -0.2) is 23.0 Å². The molecule has 2 N–H and O–H groups in total. The van der Waals surface area contributed by atoms with Gasteiger partial charge in [-0.1, -0.05) is 59.6 Å². The average molecular weight is 364 g/mol. The number of halogens is 2. The highest BCUT2D eigenvalue weighted by Crippen LogP contribution is 2.23. The highest BCUT2D eigenvalue weighted by Gasteiger charge is 2.19. The molecule has 24 heavy (non-hydrogen) atoms. The summed E-state index contributed by atoms with van der Waals surface area (Å²) in [6.45, 7) is 0. The Hall–Kier alpha value is -2.30. The van der Waals surface area contributed by atoms with Crippen LogP contribution in [0.4, 0.5) is 0 Å². The maximum atomic E-state index is 12.0. The highest BCUT2D eigenvalue weighted by atomic mass is 35.5. The minimum Gasteiger partial charge on any atom is -0.480 e. The van der Waals surface area contributed by atoms with E-state index in [1.165, 1.54) is 6.08 Å². The monoisotopic (exact) mass is 363 g/mol. The van der Waals surface area contributed by atoms with Gasteiger partial charge in [-0.3, -0.25) is 4.79 Å². The second-order valence-corrected chi connectivity index (χ2v) is 5.91. The topological polar surface area (TPSA) is 66.4 Å². The standard InChI is InChI=1S/C18H15Cl2NO3/c19-14-8-6-13(10-15(14)20)7-9-17(22)21-16(18(23)24)11-12-4-2-1-3-5-12/h1-10,16H,11H2,(H,21,22)(H,23,24)/b9-7+. The summed E-state index contributed by atoms with van der Waals surface area (Å²) >= 11 is 11.7. The van der Waals surface area contributed by atoms with Crippen molar-refractivity contribution in [2.24, 2.45) is 0 Å². The van der Waals surface area contributed by atoms with Crippen molar-refractivity contribution in [1.82, 2.24) is 5.32 Å². The molecule has 0 saturated carbocycles. The Morgan fingerprint density at radius 2 is 1.79 bits per heavy atom. The number of carbonyl (C=O) groups excluding carboxylic acids is 1. The van der Waals surface area contributed by atoms with E-state index < -0.39 is 17.9 Å². The summed E-state index contributed by atoms with van der Waals surface area (Å²) in [5, 5.41) is 12.5. The van der Waals surface area contributed by atoms with Gasteiger partial charge in [0.2, 0.25) is 5.91 Å². The number of amides is 1. The second-order valence-electron chi connectivity index (χ2n) is 5.10. The molecule has 2 aromatic carbocycles. The van der Waals surface area contributed by atoms with Crippen molar-refractivity contribution in [1.29, 1.82) is 0 Å². The van der Waals surface area contributed by atoms with Gasteiger partial charge in [0.1, 0.15) is 6.04 Å². The minimum atomic E-state index is -1.09. The van der Waals surface area contributed by atoms with Crippen molar-refractivity contribution in [2.75, 3.05) is 0 Å². The van der Waals surface area contributed by atoms with Gasteiger partial charge in [-0.15, -0.1) is 0 Å². The quantitative estimate of drug-likeness (QED) is 0.766. The number of aliphatic carboxylic acids is 1. The summed E-state index contributed by atoms with van der Waals surface area (Å²) in [6, 6.07) is 13.1. The fourth-order valence-electron chi connectivity index (χ4n) is 2.06. The molecule has 1 atom stereocenters. The molecule has 0 heterocycles. The predicted molar refractivity (Wildman–Crippen MR) is 95.2 cm³/mol. The van der Waals surface area contributed by atoms with Gasteiger partial charge >= 0.3 is 5.97 Å². The Morgan fingerprint density at radius 3 is 2.42 bits per heavy atom. The van der Waals surface area contributed by atoms with Crippen molar-refractivity contribution in [3.05, 3.63) is 75.8 Å². The number of carboxylic acid groups (broad SMARTS) is 1. The molecule has 2 aromatic rings. The summed E-state index contributed by atoms with van der Waals surface area (Å²) in [4.78, 5) is 23.3. The van der Waals surface area contributed by atoms with E-state index in [-0.39, 0.29) is 6.42 Å². The van der Waals surface area contributed by atoms with Gasteiger partial charge in [-0.05, 0) is 29.3 Å². The van der Waals surface area contributed by atoms with Crippen LogP contribution in [0.2, 0.25) is 10.0 Å². The Kier molecular flexibility index (Phi) is 6.41. The van der Waals surface area contributed by atoms with E-state index in [0.29, 0.717) is 15.6 Å². The van der Waals surface area contributed by atoms with Gasteiger partial charge in [-0.2, -0.15) is 0 Å². The van der Waals surface area contributed by atoms with Crippen LogP contribution >= 0.6 is 23.2 Å². The SMILES string of the molecule is O=C(/C=C/c1ccc(Cl)c(Cl)c1)NC(Cc1ccccc1)C(=O)O. The van der Waals surface area contributed by atoms with Crippen LogP contribution < -0.4 is 5.32 Å². The molecule has 0 aliphatic rings. The van der Waals surface area contributed by atoms with Crippen LogP contribution in [0.3, 0.4) is 0 Å². The van der Waals surface area contributed by atoms with Crippen molar-refractivity contribution >= 4 is 41.2 Å². The molecule has 6 heteroatoms. The summed E-state index contributed by atoms with van der Waals surface area (Å²) in [5.74, 6) is -1.58. The van der Waals surface area contributed by atoms with Gasteiger partial charge < -0.3 is 10.4 Å². The molecule has 0 radical (unpaired) electrons. The zero-order chi connectivity index (χ0) is 17.5. The Labute approximate surface area is 149 Å². The third-order valence-electron chi connectivity index (χ3n) is 3.27. The van der Waals surface area contributed by atoms with Crippen LogP contribution in [0.15, 0.2) is 54.6 Å². The van der Waals surface area contributed by atoms with Crippen LogP contribution in [0.1, 0.15) is 11.1 Å². The third kappa shape index (κ3) is 5.41. The second kappa shape index (κ2) is 8.52. The number of nitrogens with one attached hydrogen (secondary N) is 1. The lowest BCUT2D eigenvalue weighted by molar-refractivity contribution is -0.141. The van der Waals surface area contributed by atoms with E-state index in [2.05, 4.69) is 5.32 Å². The minimum absolute atomic E-state index is 0.211. The van der Waals surface area contributed by atoms with E-state index >= 15 is 0 Å². The van der Waals surface area contributed by atoms with E-state index in [4.69, 9.17) is 23.2 Å². The average Bonchev–Trinajstić information content (AvgIpc) is 2.56. The van der Waals surface area contributed by atoms with E-state index in [1.54, 1.807) is 24.3 Å². The molecule has 0 aliphatic carbocycles. The summed E-state index contributed by atoms with van der Waals surface area (Å²) in [7, 11) is 0. The molecular weight excluding hydrogens is 349 g/mol. The number of carbonyl (C=O) groups is 2. The summed E-state index contributed by atoms with van der Waals surface area (Å²) < 4.78 is 0. The van der Waals surface area contributed by atoms with Crippen molar-refractivity contribution < 1.29 is 14.7 Å². The molecule has 0 fully saturated rings. The highest BCUT2D eigenvalue weighted by molar-refractivity contribution is 6.42. The number of benzene rings is 2. The fourth-order valence-corrected chi connectivity index (χ4v) is 2.36. The molecule has 2 rings (SSSR count). The van der Waals surface area contributed by atoms with Crippen LogP contribution in [0.25, 0.3) is 6.08 Å². The number of hydrogen-bond donors (Lipinski definition) is 2. The van der Waals surface area contributed by atoms with Gasteiger partial charge in [0.05, 0.1) is 10.0 Å². The lowest BCUT2D eigenvalue weighted by Crippen LogP contribution is -2.41. The van der Waals surface area contributed by atoms with Crippen molar-refractivity contribution in [2.45, 2.75) is 12.5 Å². The van der Waals surface area contributed by atoms with Crippen LogP contribution in [0, 0.1) is 0 Å². The molecule has 1 amide bonds. The maximum absolute atomic E-state index is 12.0. The summed E-state index contributed by atoms with van der Waals surface area (Å²) in [5.41, 5.74) is 1.52. The molecule has 4 nitrogen and oxygen atoms in total. The largest absolute Gasteiger partial charge is 0.480 e. The molecule has 0 spiro atoms. The first kappa shape index (κ1) is 18.0. The van der Waals surface area contributed by atoms with E-state index in [9.17, 15) is 14.7 Å². The maximum Gasteiger partial charge on any atom is 0.326 e. The number of rotatable bonds is 6. The lowest BCUT2D eigenvalue weighted by atomic mass is 10.1. The van der Waals surface area contributed by atoms with Crippen molar-refractivity contribution in [3.8, 4) is 0 Å². The van der Waals surface area contributed by atoms with Gasteiger partial charge in [0.25, 0.3) is 0 Å². The van der Waals surface area contributed by atoms with Crippen molar-refractivity contribution in [3.63, 3.8) is 0 Å². The van der Waals surface area contributed by atoms with Crippen LogP contribution in [-0.2, 0) is 16.0 Å². The molecule has 0 aromatic heterocycles. The van der Waals surface area contributed by atoms with Crippen LogP contribution in [0.5, 0.6) is 0 Å². The van der Waals surface area contributed by atoms with Gasteiger partial charge in [0, 0.05) is 12.5 Å². The van der Waals surface area contributed by atoms with Gasteiger partial charge in [-0.25, -0.2) is 4.79 Å². The Balaban J connectivity index is 2.01. The third-order valence-corrected chi connectivity index (χ3v) is 4.01. The van der Waals surface area contributed by atoms with E-state index in [1.807, 2.05) is 30.3 Å². The molecule has 0 saturated heterocycles. The molecule has 0 aliphatic heterocycles. The number of carboxylic acids is 1. The normalized spacial score (nSPS) is 12.1. The zero-order valence-electron chi connectivity index (χ0n) is 12.6. The predicted octanol–water partition coefficient (Wildman–Crippen LogP) is 3.82. The number of hydrogen-bond acceptors (Lipinski definition) is 2. The first-order valence-corrected chi connectivity index (χ1v) is 7.91. The molecule has 1 unspecified atom stereocenters.